The number of carbonyl (C=O) groups excluding carboxylic acids is 1. The molecule has 1 heterocycles. The molecule has 70 valence electrons. The van der Waals surface area contributed by atoms with Crippen LogP contribution in [0.3, 0.4) is 0 Å². The normalized spacial score (nSPS) is 13.4. The Kier molecular flexibility index (Phi) is 2.63. The van der Waals surface area contributed by atoms with Crippen molar-refractivity contribution in [2.45, 2.75) is 0 Å². The first-order valence-corrected chi connectivity index (χ1v) is 3.69. The molecule has 0 atom stereocenters. The van der Waals surface area contributed by atoms with Crippen LogP contribution in [0, 0.1) is 0 Å². The number of fused-ring (bicyclic) bond motifs is 1. The molecule has 0 fully saturated rings. The fraction of sp³-hybridized carbons (Fsp3) is 0.125. The third-order valence-corrected chi connectivity index (χ3v) is 1.76. The second-order valence-corrected chi connectivity index (χ2v) is 2.71. The Morgan fingerprint density at radius 1 is 1.31 bits per heavy atom. The topological polar surface area (TPSA) is 67.1 Å². The van der Waals surface area contributed by atoms with Crippen LogP contribution in [-0.2, 0) is 4.79 Å². The molecule has 1 amide bonds. The second-order valence-electron chi connectivity index (χ2n) is 2.71. The number of amides is 1. The van der Waals surface area contributed by atoms with Gasteiger partial charge in [-0.05, 0) is 18.2 Å². The van der Waals surface area contributed by atoms with Gasteiger partial charge in [-0.15, -0.1) is 12.4 Å². The van der Waals surface area contributed by atoms with Crippen molar-refractivity contribution >= 4 is 35.4 Å². The lowest BCUT2D eigenvalue weighted by Crippen LogP contribution is -2.27. The van der Waals surface area contributed by atoms with E-state index in [0.717, 1.165) is 11.4 Å². The van der Waals surface area contributed by atoms with Crippen molar-refractivity contribution in [2.24, 2.45) is 0 Å². The minimum absolute atomic E-state index is 0. The average molecular weight is 200 g/mol. The molecule has 0 unspecified atom stereocenters. The van der Waals surface area contributed by atoms with Gasteiger partial charge in [0.1, 0.15) is 0 Å². The number of benzene rings is 1. The summed E-state index contributed by atoms with van der Waals surface area (Å²) in [4.78, 5) is 10.9. The van der Waals surface area contributed by atoms with Crippen LogP contribution in [0.4, 0.5) is 17.1 Å². The molecule has 4 N–H and O–H groups in total. The maximum Gasteiger partial charge on any atom is 0.243 e. The van der Waals surface area contributed by atoms with E-state index in [1.165, 1.54) is 0 Å². The van der Waals surface area contributed by atoms with Crippen molar-refractivity contribution in [1.29, 1.82) is 0 Å². The van der Waals surface area contributed by atoms with Gasteiger partial charge in [-0.25, -0.2) is 0 Å². The number of nitrogens with one attached hydrogen (secondary N) is 2. The predicted octanol–water partition coefficient (Wildman–Crippen LogP) is 1.05. The van der Waals surface area contributed by atoms with Gasteiger partial charge >= 0.3 is 0 Å². The van der Waals surface area contributed by atoms with Crippen molar-refractivity contribution in [2.75, 3.05) is 22.9 Å². The number of carbonyl (C=O) groups is 1. The molecule has 5 heteroatoms. The molecule has 0 saturated heterocycles. The van der Waals surface area contributed by atoms with E-state index < -0.39 is 0 Å². The molecular weight excluding hydrogens is 190 g/mol. The zero-order valence-electron chi connectivity index (χ0n) is 6.83. The summed E-state index contributed by atoms with van der Waals surface area (Å²) in [5, 5.41) is 5.69. The van der Waals surface area contributed by atoms with Gasteiger partial charge in [0.25, 0.3) is 0 Å². The number of nitrogen functional groups attached to an aromatic ring is 1. The number of rotatable bonds is 0. The fourth-order valence-corrected chi connectivity index (χ4v) is 1.19. The van der Waals surface area contributed by atoms with Gasteiger partial charge in [-0.2, -0.15) is 0 Å². The van der Waals surface area contributed by atoms with Crippen molar-refractivity contribution in [3.63, 3.8) is 0 Å². The largest absolute Gasteiger partial charge is 0.399 e. The summed E-state index contributed by atoms with van der Waals surface area (Å²) in [6, 6.07) is 5.38. The maximum absolute atomic E-state index is 10.9. The lowest BCUT2D eigenvalue weighted by Gasteiger charge is -2.18. The Morgan fingerprint density at radius 2 is 2.08 bits per heavy atom. The van der Waals surface area contributed by atoms with E-state index in [1.807, 2.05) is 6.07 Å². The SMILES string of the molecule is Cl.Nc1ccc2c(c1)NC(=O)CN2. The van der Waals surface area contributed by atoms with Crippen molar-refractivity contribution in [1.82, 2.24) is 0 Å². The quantitative estimate of drug-likeness (QED) is 0.548. The summed E-state index contributed by atoms with van der Waals surface area (Å²) in [5.74, 6) is -0.0342. The summed E-state index contributed by atoms with van der Waals surface area (Å²) in [5.41, 5.74) is 7.87. The Morgan fingerprint density at radius 3 is 2.85 bits per heavy atom. The van der Waals surface area contributed by atoms with Crippen LogP contribution in [0.5, 0.6) is 0 Å². The number of halogens is 1. The van der Waals surface area contributed by atoms with Crippen molar-refractivity contribution < 1.29 is 4.79 Å². The Bertz CT molecular complexity index is 340. The third kappa shape index (κ3) is 1.84. The molecule has 4 nitrogen and oxygen atoms in total. The molecule has 1 aromatic carbocycles. The summed E-state index contributed by atoms with van der Waals surface area (Å²) < 4.78 is 0. The second kappa shape index (κ2) is 3.53. The van der Waals surface area contributed by atoms with Crippen LogP contribution >= 0.6 is 12.4 Å². The van der Waals surface area contributed by atoms with E-state index in [2.05, 4.69) is 10.6 Å². The monoisotopic (exact) mass is 199 g/mol. The van der Waals surface area contributed by atoms with Gasteiger partial charge in [-0.1, -0.05) is 0 Å². The highest BCUT2D eigenvalue weighted by atomic mass is 35.5. The van der Waals surface area contributed by atoms with Crippen LogP contribution in [0.15, 0.2) is 18.2 Å². The molecule has 0 radical (unpaired) electrons. The molecule has 13 heavy (non-hydrogen) atoms. The molecule has 0 bridgehead atoms. The number of nitrogens with two attached hydrogens (primary N) is 1. The zero-order chi connectivity index (χ0) is 8.55. The highest BCUT2D eigenvalue weighted by Crippen LogP contribution is 2.26. The smallest absolute Gasteiger partial charge is 0.243 e. The van der Waals surface area contributed by atoms with Gasteiger partial charge in [0.15, 0.2) is 0 Å². The lowest BCUT2D eigenvalue weighted by molar-refractivity contribution is -0.114. The van der Waals surface area contributed by atoms with Crippen molar-refractivity contribution in [3.05, 3.63) is 18.2 Å². The van der Waals surface area contributed by atoms with Gasteiger partial charge < -0.3 is 16.4 Å². The van der Waals surface area contributed by atoms with Crippen LogP contribution in [0.1, 0.15) is 0 Å². The predicted molar refractivity (Wildman–Crippen MR) is 55.2 cm³/mol. The molecule has 0 spiro atoms. The van der Waals surface area contributed by atoms with Crippen LogP contribution in [0.25, 0.3) is 0 Å². The highest BCUT2D eigenvalue weighted by molar-refractivity contribution is 6.01. The zero-order valence-corrected chi connectivity index (χ0v) is 7.65. The Labute approximate surface area is 81.9 Å². The molecule has 1 aliphatic heterocycles. The van der Waals surface area contributed by atoms with Gasteiger partial charge in [0.05, 0.1) is 17.9 Å². The third-order valence-electron chi connectivity index (χ3n) is 1.76. The van der Waals surface area contributed by atoms with Crippen molar-refractivity contribution in [3.8, 4) is 0 Å². The molecular formula is C8H10ClN3O. The van der Waals surface area contributed by atoms with E-state index in [1.54, 1.807) is 12.1 Å². The fourth-order valence-electron chi connectivity index (χ4n) is 1.19. The van der Waals surface area contributed by atoms with E-state index >= 15 is 0 Å². The van der Waals surface area contributed by atoms with Crippen LogP contribution in [0.2, 0.25) is 0 Å². The summed E-state index contributed by atoms with van der Waals surface area (Å²) in [6.45, 7) is 0.330. The summed E-state index contributed by atoms with van der Waals surface area (Å²) in [6.07, 6.45) is 0. The van der Waals surface area contributed by atoms with Crippen LogP contribution in [-0.4, -0.2) is 12.5 Å². The number of hydrogen-bond acceptors (Lipinski definition) is 3. The molecule has 0 aliphatic carbocycles. The maximum atomic E-state index is 10.9. The number of hydrogen-bond donors (Lipinski definition) is 3. The molecule has 1 aromatic rings. The summed E-state index contributed by atoms with van der Waals surface area (Å²) in [7, 11) is 0. The van der Waals surface area contributed by atoms with Gasteiger partial charge in [-0.3, -0.25) is 4.79 Å². The van der Waals surface area contributed by atoms with Gasteiger partial charge in [0, 0.05) is 5.69 Å². The van der Waals surface area contributed by atoms with Crippen LogP contribution < -0.4 is 16.4 Å². The minimum atomic E-state index is -0.0342. The Balaban J connectivity index is 0.000000845. The highest BCUT2D eigenvalue weighted by Gasteiger charge is 2.12. The first-order chi connectivity index (χ1) is 5.75. The number of anilines is 3. The van der Waals surface area contributed by atoms with E-state index in [0.29, 0.717) is 12.2 Å². The first kappa shape index (κ1) is 9.67. The standard InChI is InChI=1S/C8H9N3O.ClH/c9-5-1-2-6-7(3-5)11-8(12)4-10-6;/h1-3,10H,4,9H2,(H,11,12);1H. The average Bonchev–Trinajstić information content (AvgIpc) is 2.03. The lowest BCUT2D eigenvalue weighted by atomic mass is 10.2. The molecule has 0 saturated carbocycles. The molecule has 2 rings (SSSR count). The first-order valence-electron chi connectivity index (χ1n) is 3.69. The Hall–Kier alpha value is -1.42. The minimum Gasteiger partial charge on any atom is -0.399 e. The molecule has 0 aromatic heterocycles. The summed E-state index contributed by atoms with van der Waals surface area (Å²) >= 11 is 0. The van der Waals surface area contributed by atoms with E-state index in [9.17, 15) is 4.79 Å². The van der Waals surface area contributed by atoms with Gasteiger partial charge in [0.2, 0.25) is 5.91 Å². The van der Waals surface area contributed by atoms with E-state index in [4.69, 9.17) is 5.73 Å². The molecule has 1 aliphatic rings. The van der Waals surface area contributed by atoms with E-state index in [-0.39, 0.29) is 18.3 Å².